The van der Waals surface area contributed by atoms with Crippen molar-refractivity contribution >= 4 is 0 Å². The second-order valence-corrected chi connectivity index (χ2v) is 4.13. The first kappa shape index (κ1) is 14.6. The number of aliphatic hydroxyl groups is 1. The molecule has 0 aromatic heterocycles. The molecule has 18 heavy (non-hydrogen) atoms. The summed E-state index contributed by atoms with van der Waals surface area (Å²) in [5.74, 6) is 6.87. The first-order valence-corrected chi connectivity index (χ1v) is 6.16. The predicted octanol–water partition coefficient (Wildman–Crippen LogP) is 1.88. The van der Waals surface area contributed by atoms with E-state index in [1.165, 1.54) is 0 Å². The molecule has 3 nitrogen and oxygen atoms in total. The van der Waals surface area contributed by atoms with Crippen LogP contribution in [0.2, 0.25) is 0 Å². The van der Waals surface area contributed by atoms with E-state index in [4.69, 9.17) is 9.84 Å². The lowest BCUT2D eigenvalue weighted by atomic mass is 10.1. The fraction of sp³-hybridized carbons (Fsp3) is 0.467. The molecule has 0 amide bonds. The number of aliphatic hydroxyl groups excluding tert-OH is 1. The molecule has 0 spiro atoms. The number of hydrogen-bond donors (Lipinski definition) is 1. The first-order valence-electron chi connectivity index (χ1n) is 6.16. The van der Waals surface area contributed by atoms with E-state index in [0.29, 0.717) is 6.42 Å². The maximum absolute atomic E-state index is 8.70. The van der Waals surface area contributed by atoms with Gasteiger partial charge in [0.15, 0.2) is 0 Å². The van der Waals surface area contributed by atoms with Gasteiger partial charge < -0.3 is 14.7 Å². The monoisotopic (exact) mass is 247 g/mol. The Kier molecular flexibility index (Phi) is 6.27. The zero-order chi connectivity index (χ0) is 13.4. The van der Waals surface area contributed by atoms with Gasteiger partial charge in [-0.25, -0.2) is 0 Å². The number of nitrogens with zero attached hydrogens (tertiary/aromatic N) is 1. The Morgan fingerprint density at radius 3 is 2.78 bits per heavy atom. The van der Waals surface area contributed by atoms with Crippen molar-refractivity contribution in [3.8, 4) is 17.6 Å². The second-order valence-electron chi connectivity index (χ2n) is 4.13. The minimum Gasteiger partial charge on any atom is -0.496 e. The maximum atomic E-state index is 8.70. The van der Waals surface area contributed by atoms with Gasteiger partial charge in [-0.15, -0.1) is 0 Å². The van der Waals surface area contributed by atoms with Crippen LogP contribution in [0.3, 0.4) is 0 Å². The van der Waals surface area contributed by atoms with E-state index in [2.05, 4.69) is 36.8 Å². The standard InChI is InChI=1S/C15H21NO2/c1-4-16(2)12-14-11-13(7-5-6-10-17)8-9-15(14)18-3/h8-9,11,17H,4,6,10,12H2,1-3H3. The molecule has 98 valence electrons. The summed E-state index contributed by atoms with van der Waals surface area (Å²) in [6.45, 7) is 4.06. The topological polar surface area (TPSA) is 32.7 Å². The predicted molar refractivity (Wildman–Crippen MR) is 73.6 cm³/mol. The smallest absolute Gasteiger partial charge is 0.123 e. The zero-order valence-corrected chi connectivity index (χ0v) is 11.4. The molecular formula is C15H21NO2. The van der Waals surface area contributed by atoms with Crippen LogP contribution in [0, 0.1) is 11.8 Å². The molecule has 0 unspecified atom stereocenters. The first-order chi connectivity index (χ1) is 8.71. The molecule has 0 saturated carbocycles. The van der Waals surface area contributed by atoms with Crippen LogP contribution in [0.1, 0.15) is 24.5 Å². The molecule has 0 saturated heterocycles. The SMILES string of the molecule is CCN(C)Cc1cc(C#CCCO)ccc1OC. The van der Waals surface area contributed by atoms with Crippen LogP contribution in [0.25, 0.3) is 0 Å². The molecule has 1 rings (SSSR count). The largest absolute Gasteiger partial charge is 0.496 e. The van der Waals surface area contributed by atoms with Crippen molar-refractivity contribution in [3.63, 3.8) is 0 Å². The van der Waals surface area contributed by atoms with E-state index in [1.807, 2.05) is 12.1 Å². The Hall–Kier alpha value is -1.50. The normalized spacial score (nSPS) is 10.1. The number of hydrogen-bond acceptors (Lipinski definition) is 3. The minimum absolute atomic E-state index is 0.106. The van der Waals surface area contributed by atoms with Crippen LogP contribution in [0.5, 0.6) is 5.75 Å². The van der Waals surface area contributed by atoms with Crippen molar-refractivity contribution in [1.82, 2.24) is 4.90 Å². The maximum Gasteiger partial charge on any atom is 0.123 e. The van der Waals surface area contributed by atoms with Gasteiger partial charge in [-0.1, -0.05) is 18.8 Å². The lowest BCUT2D eigenvalue weighted by Gasteiger charge is -2.16. The number of ether oxygens (including phenoxy) is 1. The molecule has 0 aliphatic rings. The molecule has 0 bridgehead atoms. The molecule has 1 N–H and O–H groups in total. The van der Waals surface area contributed by atoms with E-state index in [1.54, 1.807) is 7.11 Å². The van der Waals surface area contributed by atoms with Gasteiger partial charge in [0.1, 0.15) is 5.75 Å². The van der Waals surface area contributed by atoms with Crippen molar-refractivity contribution in [2.75, 3.05) is 27.3 Å². The van der Waals surface area contributed by atoms with Crippen molar-refractivity contribution in [2.45, 2.75) is 19.9 Å². The Morgan fingerprint density at radius 2 is 2.17 bits per heavy atom. The number of rotatable bonds is 5. The Balaban J connectivity index is 2.91. The Labute approximate surface area is 109 Å². The summed E-state index contributed by atoms with van der Waals surface area (Å²) in [4.78, 5) is 2.21. The summed E-state index contributed by atoms with van der Waals surface area (Å²) < 4.78 is 5.36. The molecule has 0 aliphatic carbocycles. The van der Waals surface area contributed by atoms with Gasteiger partial charge in [0.2, 0.25) is 0 Å². The van der Waals surface area contributed by atoms with E-state index in [9.17, 15) is 0 Å². The summed E-state index contributed by atoms with van der Waals surface area (Å²) in [6, 6.07) is 5.94. The Bertz CT molecular complexity index is 432. The minimum atomic E-state index is 0.106. The highest BCUT2D eigenvalue weighted by Crippen LogP contribution is 2.20. The van der Waals surface area contributed by atoms with Crippen LogP contribution in [-0.2, 0) is 6.54 Å². The summed E-state index contributed by atoms with van der Waals surface area (Å²) in [5, 5.41) is 8.70. The highest BCUT2D eigenvalue weighted by Gasteiger charge is 2.05. The molecule has 0 aliphatic heterocycles. The molecule has 1 aromatic carbocycles. The molecule has 0 fully saturated rings. The van der Waals surface area contributed by atoms with Gasteiger partial charge in [-0.2, -0.15) is 0 Å². The van der Waals surface area contributed by atoms with E-state index in [-0.39, 0.29) is 6.61 Å². The number of benzene rings is 1. The summed E-state index contributed by atoms with van der Waals surface area (Å²) in [6.07, 6.45) is 0.510. The summed E-state index contributed by atoms with van der Waals surface area (Å²) in [7, 11) is 3.76. The van der Waals surface area contributed by atoms with Gasteiger partial charge >= 0.3 is 0 Å². The molecule has 3 heteroatoms. The lowest BCUT2D eigenvalue weighted by molar-refractivity contribution is 0.305. The molecule has 0 radical (unpaired) electrons. The molecule has 1 aromatic rings. The fourth-order valence-electron chi connectivity index (χ4n) is 1.60. The van der Waals surface area contributed by atoms with E-state index >= 15 is 0 Å². The molecular weight excluding hydrogens is 226 g/mol. The average molecular weight is 247 g/mol. The average Bonchev–Trinajstić information content (AvgIpc) is 2.39. The zero-order valence-electron chi connectivity index (χ0n) is 11.4. The van der Waals surface area contributed by atoms with Crippen LogP contribution in [0.15, 0.2) is 18.2 Å². The van der Waals surface area contributed by atoms with Crippen LogP contribution in [0.4, 0.5) is 0 Å². The number of methoxy groups -OCH3 is 1. The lowest BCUT2D eigenvalue weighted by Crippen LogP contribution is -2.17. The van der Waals surface area contributed by atoms with Crippen molar-refractivity contribution < 1.29 is 9.84 Å². The van der Waals surface area contributed by atoms with Gasteiger partial charge in [-0.3, -0.25) is 0 Å². The van der Waals surface area contributed by atoms with Crippen LogP contribution < -0.4 is 4.74 Å². The van der Waals surface area contributed by atoms with Crippen molar-refractivity contribution in [3.05, 3.63) is 29.3 Å². The van der Waals surface area contributed by atoms with Crippen molar-refractivity contribution in [1.29, 1.82) is 0 Å². The van der Waals surface area contributed by atoms with Gasteiger partial charge in [0.05, 0.1) is 13.7 Å². The van der Waals surface area contributed by atoms with E-state index in [0.717, 1.165) is 30.0 Å². The van der Waals surface area contributed by atoms with Crippen LogP contribution >= 0.6 is 0 Å². The van der Waals surface area contributed by atoms with Gasteiger partial charge in [0, 0.05) is 24.1 Å². The van der Waals surface area contributed by atoms with Gasteiger partial charge in [0.25, 0.3) is 0 Å². The highest BCUT2D eigenvalue weighted by atomic mass is 16.5. The third-order valence-corrected chi connectivity index (χ3v) is 2.73. The third-order valence-electron chi connectivity index (χ3n) is 2.73. The highest BCUT2D eigenvalue weighted by molar-refractivity contribution is 5.44. The van der Waals surface area contributed by atoms with Crippen LogP contribution in [-0.4, -0.2) is 37.3 Å². The van der Waals surface area contributed by atoms with E-state index < -0.39 is 0 Å². The quantitative estimate of drug-likeness (QED) is 0.806. The summed E-state index contributed by atoms with van der Waals surface area (Å²) in [5.41, 5.74) is 2.10. The molecule has 0 atom stereocenters. The Morgan fingerprint density at radius 1 is 1.39 bits per heavy atom. The third kappa shape index (κ3) is 4.40. The fourth-order valence-corrected chi connectivity index (χ4v) is 1.60. The molecule has 0 heterocycles. The summed E-state index contributed by atoms with van der Waals surface area (Å²) >= 11 is 0. The van der Waals surface area contributed by atoms with Gasteiger partial charge in [-0.05, 0) is 31.8 Å². The second kappa shape index (κ2) is 7.75. The van der Waals surface area contributed by atoms with Crippen molar-refractivity contribution in [2.24, 2.45) is 0 Å².